The Balaban J connectivity index is 2.24. The predicted molar refractivity (Wildman–Crippen MR) is 76.8 cm³/mol. The zero-order chi connectivity index (χ0) is 14.1. The number of hydrogen-bond acceptors (Lipinski definition) is 2. The van der Waals surface area contributed by atoms with Gasteiger partial charge < -0.3 is 0 Å². The third-order valence-corrected chi connectivity index (χ3v) is 3.28. The van der Waals surface area contributed by atoms with Crippen LogP contribution in [0.15, 0.2) is 48.5 Å². The van der Waals surface area contributed by atoms with Crippen LogP contribution in [0.1, 0.15) is 0 Å². The van der Waals surface area contributed by atoms with Crippen LogP contribution in [0, 0.1) is 5.82 Å². The highest BCUT2D eigenvalue weighted by Gasteiger charge is 2.17. The Morgan fingerprint density at radius 2 is 1.70 bits per heavy atom. The molecule has 3 rings (SSSR count). The van der Waals surface area contributed by atoms with Crippen LogP contribution in [0.2, 0.25) is 10.3 Å². The molecule has 0 spiro atoms. The van der Waals surface area contributed by atoms with Gasteiger partial charge in [-0.25, -0.2) is 4.39 Å². The average Bonchev–Trinajstić information content (AvgIpc) is 2.84. The molecule has 0 radical (unpaired) electrons. The van der Waals surface area contributed by atoms with E-state index in [9.17, 15) is 4.39 Å². The zero-order valence-corrected chi connectivity index (χ0v) is 11.6. The van der Waals surface area contributed by atoms with Crippen LogP contribution in [-0.2, 0) is 0 Å². The van der Waals surface area contributed by atoms with E-state index in [0.717, 1.165) is 5.56 Å². The molecule has 0 N–H and O–H groups in total. The summed E-state index contributed by atoms with van der Waals surface area (Å²) in [4.78, 5) is 0. The fourth-order valence-corrected chi connectivity index (χ4v) is 2.29. The Kier molecular flexibility index (Phi) is 3.42. The maximum absolute atomic E-state index is 14.0. The second kappa shape index (κ2) is 5.23. The summed E-state index contributed by atoms with van der Waals surface area (Å²) in [6.07, 6.45) is 0. The van der Waals surface area contributed by atoms with Gasteiger partial charge in [0.1, 0.15) is 5.82 Å². The predicted octanol–water partition coefficient (Wildman–Crippen LogP) is 4.38. The molecule has 0 bridgehead atoms. The van der Waals surface area contributed by atoms with Crippen LogP contribution in [-0.4, -0.2) is 14.8 Å². The largest absolute Gasteiger partial charge is 0.263 e. The highest BCUT2D eigenvalue weighted by Crippen LogP contribution is 2.28. The number of benzene rings is 2. The molecule has 1 aromatic heterocycles. The van der Waals surface area contributed by atoms with E-state index in [4.69, 9.17) is 23.2 Å². The number of hydrogen-bond donors (Lipinski definition) is 0. The van der Waals surface area contributed by atoms with E-state index in [1.807, 2.05) is 30.3 Å². The quantitative estimate of drug-likeness (QED) is 0.703. The fourth-order valence-electron chi connectivity index (χ4n) is 1.91. The lowest BCUT2D eigenvalue weighted by molar-refractivity contribution is 0.618. The summed E-state index contributed by atoms with van der Waals surface area (Å²) in [5, 5.41) is 8.29. The van der Waals surface area contributed by atoms with Crippen LogP contribution in [0.25, 0.3) is 17.1 Å². The minimum Gasteiger partial charge on any atom is -0.263 e. The molecule has 6 heteroatoms. The molecule has 0 aliphatic rings. The third-order valence-electron chi connectivity index (χ3n) is 2.80. The summed E-state index contributed by atoms with van der Waals surface area (Å²) < 4.78 is 15.4. The maximum Gasteiger partial charge on any atom is 0.230 e. The van der Waals surface area contributed by atoms with Gasteiger partial charge >= 0.3 is 0 Å². The Labute approximate surface area is 124 Å². The Bertz CT molecular complexity index is 756. The summed E-state index contributed by atoms with van der Waals surface area (Å²) in [5.74, 6) is 0.00467. The van der Waals surface area contributed by atoms with Gasteiger partial charge in [-0.1, -0.05) is 41.9 Å². The second-order valence-electron chi connectivity index (χ2n) is 4.09. The van der Waals surface area contributed by atoms with E-state index < -0.39 is 5.82 Å². The van der Waals surface area contributed by atoms with Crippen molar-refractivity contribution in [3.63, 3.8) is 0 Å². The first-order valence-corrected chi connectivity index (χ1v) is 6.54. The van der Waals surface area contributed by atoms with Crippen LogP contribution in [0.4, 0.5) is 4.39 Å². The van der Waals surface area contributed by atoms with Crippen molar-refractivity contribution in [2.24, 2.45) is 0 Å². The van der Waals surface area contributed by atoms with Gasteiger partial charge in [-0.3, -0.25) is 4.57 Å². The van der Waals surface area contributed by atoms with E-state index in [1.54, 1.807) is 0 Å². The Morgan fingerprint density at radius 1 is 0.950 bits per heavy atom. The Hall–Kier alpha value is -1.91. The third kappa shape index (κ3) is 2.28. The molecule has 0 atom stereocenters. The SMILES string of the molecule is Fc1ccc(Cl)cc1-n1c(Cl)nnc1-c1ccccc1. The lowest BCUT2D eigenvalue weighted by atomic mass is 10.2. The molecule has 0 amide bonds. The normalized spacial score (nSPS) is 10.8. The lowest BCUT2D eigenvalue weighted by Gasteiger charge is -2.09. The molecule has 3 nitrogen and oxygen atoms in total. The number of rotatable bonds is 2. The fraction of sp³-hybridized carbons (Fsp3) is 0. The molecule has 0 aliphatic heterocycles. The van der Waals surface area contributed by atoms with Gasteiger partial charge in [0.15, 0.2) is 5.82 Å². The summed E-state index contributed by atoms with van der Waals surface area (Å²) in [5.41, 5.74) is 0.998. The molecule has 0 unspecified atom stereocenters. The van der Waals surface area contributed by atoms with E-state index in [1.165, 1.54) is 22.8 Å². The summed E-state index contributed by atoms with van der Waals surface area (Å²) in [7, 11) is 0. The molecule has 2 aromatic carbocycles. The van der Waals surface area contributed by atoms with E-state index >= 15 is 0 Å². The molecule has 1 heterocycles. The van der Waals surface area contributed by atoms with Gasteiger partial charge in [-0.05, 0) is 29.8 Å². The molecular weight excluding hydrogens is 300 g/mol. The van der Waals surface area contributed by atoms with Gasteiger partial charge in [0.05, 0.1) is 5.69 Å². The van der Waals surface area contributed by atoms with Crippen molar-refractivity contribution in [3.05, 3.63) is 64.7 Å². The van der Waals surface area contributed by atoms with Crippen molar-refractivity contribution in [2.45, 2.75) is 0 Å². The van der Waals surface area contributed by atoms with Gasteiger partial charge in [0.2, 0.25) is 5.28 Å². The molecule has 100 valence electrons. The highest BCUT2D eigenvalue weighted by atomic mass is 35.5. The molecule has 0 aliphatic carbocycles. The minimum absolute atomic E-state index is 0.0741. The van der Waals surface area contributed by atoms with Gasteiger partial charge in [0, 0.05) is 10.6 Å². The standard InChI is InChI=1S/C14H8Cl2FN3/c15-10-6-7-11(17)12(8-10)20-13(18-19-14(20)16)9-4-2-1-3-5-9/h1-8H. The molecular formula is C14H8Cl2FN3. The van der Waals surface area contributed by atoms with Crippen molar-refractivity contribution in [2.75, 3.05) is 0 Å². The number of aromatic nitrogens is 3. The molecule has 0 saturated carbocycles. The van der Waals surface area contributed by atoms with Crippen molar-refractivity contribution >= 4 is 23.2 Å². The number of halogens is 3. The topological polar surface area (TPSA) is 30.7 Å². The van der Waals surface area contributed by atoms with Crippen LogP contribution >= 0.6 is 23.2 Å². The van der Waals surface area contributed by atoms with E-state index in [2.05, 4.69) is 10.2 Å². The van der Waals surface area contributed by atoms with Gasteiger partial charge in [0.25, 0.3) is 0 Å². The first-order chi connectivity index (χ1) is 9.66. The van der Waals surface area contributed by atoms with Crippen LogP contribution in [0.5, 0.6) is 0 Å². The highest BCUT2D eigenvalue weighted by molar-refractivity contribution is 6.31. The molecule has 20 heavy (non-hydrogen) atoms. The Morgan fingerprint density at radius 3 is 2.45 bits per heavy atom. The smallest absolute Gasteiger partial charge is 0.230 e. The van der Waals surface area contributed by atoms with E-state index in [-0.39, 0.29) is 11.0 Å². The average molecular weight is 308 g/mol. The van der Waals surface area contributed by atoms with Crippen molar-refractivity contribution < 1.29 is 4.39 Å². The first kappa shape index (κ1) is 13.1. The van der Waals surface area contributed by atoms with Gasteiger partial charge in [-0.15, -0.1) is 10.2 Å². The second-order valence-corrected chi connectivity index (χ2v) is 4.86. The maximum atomic E-state index is 14.0. The van der Waals surface area contributed by atoms with E-state index in [0.29, 0.717) is 10.8 Å². The zero-order valence-electron chi connectivity index (χ0n) is 10.1. The summed E-state index contributed by atoms with van der Waals surface area (Å²) in [6.45, 7) is 0. The van der Waals surface area contributed by atoms with Crippen LogP contribution in [0.3, 0.4) is 0 Å². The molecule has 0 fully saturated rings. The van der Waals surface area contributed by atoms with Crippen molar-refractivity contribution in [1.82, 2.24) is 14.8 Å². The first-order valence-electron chi connectivity index (χ1n) is 5.78. The van der Waals surface area contributed by atoms with Crippen LogP contribution < -0.4 is 0 Å². The molecule has 3 aromatic rings. The van der Waals surface area contributed by atoms with Gasteiger partial charge in [-0.2, -0.15) is 0 Å². The summed E-state index contributed by atoms with van der Waals surface area (Å²) in [6, 6.07) is 13.5. The monoisotopic (exact) mass is 307 g/mol. The van der Waals surface area contributed by atoms with Crippen molar-refractivity contribution in [1.29, 1.82) is 0 Å². The minimum atomic E-state index is -0.451. The molecule has 0 saturated heterocycles. The number of nitrogens with zero attached hydrogens (tertiary/aromatic N) is 3. The van der Waals surface area contributed by atoms with Crippen molar-refractivity contribution in [3.8, 4) is 17.1 Å². The summed E-state index contributed by atoms with van der Waals surface area (Å²) >= 11 is 12.0. The lowest BCUT2D eigenvalue weighted by Crippen LogP contribution is -2.00.